The predicted octanol–water partition coefficient (Wildman–Crippen LogP) is 2.12. The molecular formula is C32H42N6O4. The van der Waals surface area contributed by atoms with Crippen molar-refractivity contribution in [3.8, 4) is 0 Å². The molecule has 1 aromatic heterocycles. The van der Waals surface area contributed by atoms with E-state index in [1.165, 1.54) is 11.8 Å². The third kappa shape index (κ3) is 7.17. The number of hydrogen-bond acceptors (Lipinski definition) is 5. The summed E-state index contributed by atoms with van der Waals surface area (Å²) in [6.45, 7) is 6.50. The molecule has 4 amide bonds. The highest BCUT2D eigenvalue weighted by atomic mass is 16.2. The first-order chi connectivity index (χ1) is 20.0. The van der Waals surface area contributed by atoms with E-state index in [2.05, 4.69) is 20.5 Å². The van der Waals surface area contributed by atoms with E-state index in [0.717, 1.165) is 27.7 Å². The summed E-state index contributed by atoms with van der Waals surface area (Å²) < 4.78 is 0. The largest absolute Gasteiger partial charge is 0.368 e. The number of hydrogen-bond donors (Lipinski definition) is 4. The standard InChI is InChI=1S/C32H42N6O4/c1-21(2)29(30(33)41)35-31(42)32(15-14-27-25(18-32)24-12-8-9-13-26(24)34-27)36-28(40)20-38(22(3)39)17-16-37(4)19-23-10-6-5-7-11-23/h5-13,21,29,34H,14-20H2,1-4H3,(H2,33,41)(H,35,42)(H,36,40)/t29-,32+/m0/s1. The van der Waals surface area contributed by atoms with Gasteiger partial charge in [0.05, 0.1) is 6.54 Å². The number of amides is 4. The third-order valence-corrected chi connectivity index (χ3v) is 8.08. The van der Waals surface area contributed by atoms with Gasteiger partial charge in [-0.25, -0.2) is 0 Å². The van der Waals surface area contributed by atoms with E-state index in [-0.39, 0.29) is 24.8 Å². The number of carbonyl (C=O) groups excluding carboxylic acids is 4. The second-order valence-electron chi connectivity index (χ2n) is 11.7. The zero-order valence-corrected chi connectivity index (χ0v) is 24.9. The Morgan fingerprint density at radius 2 is 1.71 bits per heavy atom. The van der Waals surface area contributed by atoms with Crippen molar-refractivity contribution in [2.24, 2.45) is 11.7 Å². The lowest BCUT2D eigenvalue weighted by molar-refractivity contribution is -0.139. The quantitative estimate of drug-likeness (QED) is 0.262. The first kappa shape index (κ1) is 30.8. The van der Waals surface area contributed by atoms with Crippen LogP contribution >= 0.6 is 0 Å². The topological polar surface area (TPSA) is 141 Å². The Hall–Kier alpha value is -4.18. The monoisotopic (exact) mass is 574 g/mol. The molecule has 1 aliphatic carbocycles. The fourth-order valence-electron chi connectivity index (χ4n) is 5.70. The second-order valence-corrected chi connectivity index (χ2v) is 11.7. The maximum absolute atomic E-state index is 13.9. The van der Waals surface area contributed by atoms with Crippen molar-refractivity contribution in [3.05, 3.63) is 71.4 Å². The molecule has 0 saturated heterocycles. The van der Waals surface area contributed by atoms with Gasteiger partial charge in [0, 0.05) is 49.6 Å². The average molecular weight is 575 g/mol. The van der Waals surface area contributed by atoms with Crippen molar-refractivity contribution in [1.29, 1.82) is 0 Å². The van der Waals surface area contributed by atoms with Gasteiger partial charge < -0.3 is 31.2 Å². The van der Waals surface area contributed by atoms with Crippen LogP contribution in [0.1, 0.15) is 44.0 Å². The summed E-state index contributed by atoms with van der Waals surface area (Å²) in [5, 5.41) is 6.80. The van der Waals surface area contributed by atoms with Crippen LogP contribution in [0.4, 0.5) is 0 Å². The number of nitrogens with one attached hydrogen (secondary N) is 3. The molecule has 1 heterocycles. The van der Waals surface area contributed by atoms with E-state index in [1.807, 2.05) is 61.6 Å². The minimum Gasteiger partial charge on any atom is -0.368 e. The molecule has 42 heavy (non-hydrogen) atoms. The normalized spacial score (nSPS) is 17.1. The number of benzene rings is 2. The van der Waals surface area contributed by atoms with E-state index in [0.29, 0.717) is 32.5 Å². The van der Waals surface area contributed by atoms with Crippen LogP contribution < -0.4 is 16.4 Å². The Morgan fingerprint density at radius 1 is 1.02 bits per heavy atom. The van der Waals surface area contributed by atoms with Crippen molar-refractivity contribution in [1.82, 2.24) is 25.4 Å². The van der Waals surface area contributed by atoms with Crippen molar-refractivity contribution in [2.45, 2.75) is 58.2 Å². The number of likely N-dealkylation sites (N-methyl/N-ethyl adjacent to an activating group) is 1. The van der Waals surface area contributed by atoms with Crippen LogP contribution in [-0.4, -0.2) is 76.7 Å². The highest BCUT2D eigenvalue weighted by Crippen LogP contribution is 2.34. The summed E-state index contributed by atoms with van der Waals surface area (Å²) in [5.41, 5.74) is 8.39. The van der Waals surface area contributed by atoms with Gasteiger partial charge in [-0.15, -0.1) is 0 Å². The number of carbonyl (C=O) groups is 4. The number of aromatic nitrogens is 1. The van der Waals surface area contributed by atoms with Gasteiger partial charge in [0.1, 0.15) is 11.6 Å². The van der Waals surface area contributed by atoms with Crippen LogP contribution in [0.2, 0.25) is 0 Å². The van der Waals surface area contributed by atoms with E-state index in [1.54, 1.807) is 13.8 Å². The van der Waals surface area contributed by atoms with Crippen LogP contribution in [0, 0.1) is 5.92 Å². The van der Waals surface area contributed by atoms with Gasteiger partial charge >= 0.3 is 0 Å². The van der Waals surface area contributed by atoms with Gasteiger partial charge in [-0.1, -0.05) is 62.4 Å². The summed E-state index contributed by atoms with van der Waals surface area (Å²) in [6.07, 6.45) is 1.10. The molecule has 0 fully saturated rings. The van der Waals surface area contributed by atoms with Crippen molar-refractivity contribution < 1.29 is 19.2 Å². The van der Waals surface area contributed by atoms with Gasteiger partial charge in [-0.2, -0.15) is 0 Å². The van der Waals surface area contributed by atoms with E-state index >= 15 is 0 Å². The molecule has 0 spiro atoms. The van der Waals surface area contributed by atoms with Crippen LogP contribution in [-0.2, 0) is 38.6 Å². The van der Waals surface area contributed by atoms with Crippen molar-refractivity contribution in [3.63, 3.8) is 0 Å². The molecule has 0 bridgehead atoms. The Kier molecular flexibility index (Phi) is 9.67. The van der Waals surface area contributed by atoms with Gasteiger partial charge in [0.2, 0.25) is 23.6 Å². The van der Waals surface area contributed by atoms with Gasteiger partial charge in [-0.3, -0.25) is 19.2 Å². The van der Waals surface area contributed by atoms with E-state index in [9.17, 15) is 19.2 Å². The number of rotatable bonds is 12. The highest BCUT2D eigenvalue weighted by molar-refractivity contribution is 5.97. The van der Waals surface area contributed by atoms with Crippen molar-refractivity contribution >= 4 is 34.5 Å². The van der Waals surface area contributed by atoms with Crippen molar-refractivity contribution in [2.75, 3.05) is 26.7 Å². The molecule has 3 aromatic rings. The first-order valence-corrected chi connectivity index (χ1v) is 14.5. The Labute approximate surface area is 247 Å². The Balaban J connectivity index is 1.52. The van der Waals surface area contributed by atoms with E-state index < -0.39 is 29.3 Å². The SMILES string of the molecule is CC(=O)N(CCN(C)Cc1ccccc1)CC(=O)N[C@]1(C(=O)N[C@H](C(N)=O)C(C)C)CCc2[nH]c3ccccc3c2C1. The summed E-state index contributed by atoms with van der Waals surface area (Å²) in [4.78, 5) is 59.1. The Morgan fingerprint density at radius 3 is 2.38 bits per heavy atom. The summed E-state index contributed by atoms with van der Waals surface area (Å²) >= 11 is 0. The lowest BCUT2D eigenvalue weighted by Gasteiger charge is -2.38. The molecule has 0 saturated carbocycles. The van der Waals surface area contributed by atoms with Crippen LogP contribution in [0.5, 0.6) is 0 Å². The molecule has 224 valence electrons. The number of primary amides is 1. The van der Waals surface area contributed by atoms with Gasteiger partial charge in [0.15, 0.2) is 0 Å². The summed E-state index contributed by atoms with van der Waals surface area (Å²) in [5.74, 6) is -1.98. The third-order valence-electron chi connectivity index (χ3n) is 8.08. The lowest BCUT2D eigenvalue weighted by Crippen LogP contribution is -2.65. The summed E-state index contributed by atoms with van der Waals surface area (Å²) in [6, 6.07) is 17.0. The highest BCUT2D eigenvalue weighted by Gasteiger charge is 2.45. The fourth-order valence-corrected chi connectivity index (χ4v) is 5.70. The van der Waals surface area contributed by atoms with E-state index in [4.69, 9.17) is 5.73 Å². The molecule has 0 aliphatic heterocycles. The van der Waals surface area contributed by atoms with Gasteiger partial charge in [-0.05, 0) is 43.0 Å². The molecule has 1 aliphatic rings. The second kappa shape index (κ2) is 13.2. The number of H-pyrrole nitrogens is 1. The lowest BCUT2D eigenvalue weighted by atomic mass is 9.78. The Bertz CT molecular complexity index is 1440. The fraction of sp³-hybridized carbons (Fsp3) is 0.438. The van der Waals surface area contributed by atoms with Crippen LogP contribution in [0.15, 0.2) is 54.6 Å². The maximum atomic E-state index is 13.9. The molecule has 0 unspecified atom stereocenters. The number of nitrogens with zero attached hydrogens (tertiary/aromatic N) is 2. The number of para-hydroxylation sites is 1. The zero-order valence-electron chi connectivity index (χ0n) is 24.9. The first-order valence-electron chi connectivity index (χ1n) is 14.5. The molecule has 10 nitrogen and oxygen atoms in total. The molecular weight excluding hydrogens is 532 g/mol. The zero-order chi connectivity index (χ0) is 30.4. The number of aryl methyl sites for hydroxylation is 1. The molecule has 10 heteroatoms. The van der Waals surface area contributed by atoms with Crippen LogP contribution in [0.25, 0.3) is 10.9 Å². The molecule has 2 aromatic carbocycles. The maximum Gasteiger partial charge on any atom is 0.246 e. The molecule has 4 rings (SSSR count). The number of nitrogens with two attached hydrogens (primary N) is 1. The number of fused-ring (bicyclic) bond motifs is 3. The smallest absolute Gasteiger partial charge is 0.246 e. The molecule has 0 radical (unpaired) electrons. The van der Waals surface area contributed by atoms with Crippen LogP contribution in [0.3, 0.4) is 0 Å². The minimum absolute atomic E-state index is 0.187. The van der Waals surface area contributed by atoms with Gasteiger partial charge in [0.25, 0.3) is 0 Å². The summed E-state index contributed by atoms with van der Waals surface area (Å²) in [7, 11) is 1.97. The average Bonchev–Trinajstić information content (AvgIpc) is 3.31. The number of aromatic amines is 1. The molecule has 2 atom stereocenters. The molecule has 5 N–H and O–H groups in total. The minimum atomic E-state index is -1.32. The predicted molar refractivity (Wildman–Crippen MR) is 162 cm³/mol.